The molecule has 0 aliphatic rings. The summed E-state index contributed by atoms with van der Waals surface area (Å²) in [6.45, 7) is 1.44. The Balaban J connectivity index is 1.77. The Hall–Kier alpha value is -3.68. The number of carbonyl (C=O) groups excluding carboxylic acids is 4. The standard InChI is InChI=1S/C20H20N2O6/c1-2-21-20(26)15-4-3-5-16(10-15)22-18(24)12-28-19(25)13-27-17-8-6-14(11-23)7-9-17/h3-11H,2,12-13H2,1H3,(H,21,26)(H,22,24). The van der Waals surface area contributed by atoms with E-state index >= 15 is 0 Å². The number of rotatable bonds is 9. The van der Waals surface area contributed by atoms with Crippen LogP contribution in [-0.2, 0) is 14.3 Å². The van der Waals surface area contributed by atoms with Gasteiger partial charge in [-0.1, -0.05) is 6.07 Å². The highest BCUT2D eigenvalue weighted by Gasteiger charge is 2.10. The molecule has 2 amide bonds. The summed E-state index contributed by atoms with van der Waals surface area (Å²) in [5, 5.41) is 5.22. The molecule has 2 aromatic rings. The predicted octanol–water partition coefficient (Wildman–Crippen LogP) is 1.81. The maximum atomic E-state index is 11.9. The van der Waals surface area contributed by atoms with E-state index in [0.29, 0.717) is 35.4 Å². The van der Waals surface area contributed by atoms with E-state index in [-0.39, 0.29) is 12.5 Å². The SMILES string of the molecule is CCNC(=O)c1cccc(NC(=O)COC(=O)COc2ccc(C=O)cc2)c1. The molecular formula is C20H20N2O6. The lowest BCUT2D eigenvalue weighted by Crippen LogP contribution is -2.24. The number of benzene rings is 2. The minimum absolute atomic E-state index is 0.247. The zero-order valence-electron chi connectivity index (χ0n) is 15.3. The minimum Gasteiger partial charge on any atom is -0.482 e. The molecule has 0 heterocycles. The average molecular weight is 384 g/mol. The van der Waals surface area contributed by atoms with Gasteiger partial charge in [0.1, 0.15) is 12.0 Å². The van der Waals surface area contributed by atoms with E-state index in [1.165, 1.54) is 6.07 Å². The first-order valence-corrected chi connectivity index (χ1v) is 8.53. The van der Waals surface area contributed by atoms with Crippen molar-refractivity contribution in [2.45, 2.75) is 6.92 Å². The van der Waals surface area contributed by atoms with Crippen LogP contribution in [0, 0.1) is 0 Å². The van der Waals surface area contributed by atoms with Gasteiger partial charge >= 0.3 is 5.97 Å². The highest BCUT2D eigenvalue weighted by molar-refractivity contribution is 5.97. The molecule has 146 valence electrons. The summed E-state index contributed by atoms with van der Waals surface area (Å²) >= 11 is 0. The Morgan fingerprint density at radius 2 is 1.79 bits per heavy atom. The van der Waals surface area contributed by atoms with Crippen LogP contribution in [0.15, 0.2) is 48.5 Å². The number of hydrogen-bond donors (Lipinski definition) is 2. The van der Waals surface area contributed by atoms with Crippen molar-refractivity contribution in [2.24, 2.45) is 0 Å². The first-order valence-electron chi connectivity index (χ1n) is 8.53. The van der Waals surface area contributed by atoms with Crippen molar-refractivity contribution in [2.75, 3.05) is 25.1 Å². The van der Waals surface area contributed by atoms with E-state index in [4.69, 9.17) is 9.47 Å². The zero-order chi connectivity index (χ0) is 20.4. The van der Waals surface area contributed by atoms with E-state index in [1.54, 1.807) is 42.5 Å². The van der Waals surface area contributed by atoms with Gasteiger partial charge < -0.3 is 20.1 Å². The van der Waals surface area contributed by atoms with Gasteiger partial charge in [0, 0.05) is 23.4 Å². The molecule has 8 heteroatoms. The van der Waals surface area contributed by atoms with Crippen molar-refractivity contribution in [1.82, 2.24) is 5.32 Å². The minimum atomic E-state index is -0.717. The van der Waals surface area contributed by atoms with Crippen LogP contribution in [0.5, 0.6) is 5.75 Å². The smallest absolute Gasteiger partial charge is 0.344 e. The molecule has 2 N–H and O–H groups in total. The first-order chi connectivity index (χ1) is 13.5. The molecule has 2 aromatic carbocycles. The van der Waals surface area contributed by atoms with Crippen LogP contribution in [0.25, 0.3) is 0 Å². The number of ether oxygens (including phenoxy) is 2. The molecule has 0 fully saturated rings. The van der Waals surface area contributed by atoms with Gasteiger partial charge in [-0.05, 0) is 49.4 Å². The number of anilines is 1. The zero-order valence-corrected chi connectivity index (χ0v) is 15.3. The molecule has 0 saturated carbocycles. The lowest BCUT2D eigenvalue weighted by atomic mass is 10.2. The molecule has 8 nitrogen and oxygen atoms in total. The van der Waals surface area contributed by atoms with Gasteiger partial charge in [0.15, 0.2) is 13.2 Å². The monoisotopic (exact) mass is 384 g/mol. The normalized spacial score (nSPS) is 9.89. The molecule has 2 rings (SSSR count). The molecule has 0 aromatic heterocycles. The van der Waals surface area contributed by atoms with Gasteiger partial charge in [0.2, 0.25) is 0 Å². The molecule has 0 radical (unpaired) electrons. The van der Waals surface area contributed by atoms with Crippen molar-refractivity contribution in [3.63, 3.8) is 0 Å². The predicted molar refractivity (Wildman–Crippen MR) is 101 cm³/mol. The van der Waals surface area contributed by atoms with Crippen LogP contribution in [0.1, 0.15) is 27.6 Å². The number of amides is 2. The Morgan fingerprint density at radius 3 is 2.46 bits per heavy atom. The molecule has 0 atom stereocenters. The van der Waals surface area contributed by atoms with Crippen molar-refractivity contribution < 1.29 is 28.7 Å². The fraction of sp³-hybridized carbons (Fsp3) is 0.200. The third kappa shape index (κ3) is 6.56. The van der Waals surface area contributed by atoms with Crippen molar-refractivity contribution in [3.8, 4) is 5.75 Å². The van der Waals surface area contributed by atoms with Crippen LogP contribution in [0.2, 0.25) is 0 Å². The van der Waals surface area contributed by atoms with E-state index in [1.807, 2.05) is 6.92 Å². The lowest BCUT2D eigenvalue weighted by Gasteiger charge is -2.09. The van der Waals surface area contributed by atoms with Crippen LogP contribution in [-0.4, -0.2) is 43.8 Å². The fourth-order valence-corrected chi connectivity index (χ4v) is 2.17. The topological polar surface area (TPSA) is 111 Å². The quantitative estimate of drug-likeness (QED) is 0.504. The number of esters is 1. The number of hydrogen-bond acceptors (Lipinski definition) is 6. The summed E-state index contributed by atoms with van der Waals surface area (Å²) in [5.41, 5.74) is 1.31. The molecule has 0 bridgehead atoms. The van der Waals surface area contributed by atoms with E-state index < -0.39 is 18.5 Å². The second-order valence-electron chi connectivity index (χ2n) is 5.62. The molecule has 0 spiro atoms. The Morgan fingerprint density at radius 1 is 1.04 bits per heavy atom. The van der Waals surface area contributed by atoms with E-state index in [2.05, 4.69) is 10.6 Å². The lowest BCUT2D eigenvalue weighted by molar-refractivity contribution is -0.149. The van der Waals surface area contributed by atoms with Crippen molar-refractivity contribution in [3.05, 3.63) is 59.7 Å². The summed E-state index contributed by atoms with van der Waals surface area (Å²) in [6.07, 6.45) is 0.697. The second-order valence-corrected chi connectivity index (χ2v) is 5.62. The van der Waals surface area contributed by atoms with Gasteiger partial charge in [-0.3, -0.25) is 14.4 Å². The van der Waals surface area contributed by atoms with Crippen LogP contribution >= 0.6 is 0 Å². The molecule has 0 aliphatic heterocycles. The van der Waals surface area contributed by atoms with Gasteiger partial charge in [0.05, 0.1) is 0 Å². The highest BCUT2D eigenvalue weighted by Crippen LogP contribution is 2.12. The number of nitrogens with one attached hydrogen (secondary N) is 2. The van der Waals surface area contributed by atoms with Crippen molar-refractivity contribution >= 4 is 29.8 Å². The Kier molecular flexibility index (Phi) is 7.71. The average Bonchev–Trinajstić information content (AvgIpc) is 2.71. The van der Waals surface area contributed by atoms with E-state index in [9.17, 15) is 19.2 Å². The van der Waals surface area contributed by atoms with Crippen LogP contribution < -0.4 is 15.4 Å². The van der Waals surface area contributed by atoms with Gasteiger partial charge in [0.25, 0.3) is 11.8 Å². The van der Waals surface area contributed by atoms with Gasteiger partial charge in [-0.25, -0.2) is 4.79 Å². The third-order valence-corrected chi connectivity index (χ3v) is 3.48. The highest BCUT2D eigenvalue weighted by atomic mass is 16.6. The fourth-order valence-electron chi connectivity index (χ4n) is 2.17. The van der Waals surface area contributed by atoms with Crippen LogP contribution in [0.3, 0.4) is 0 Å². The summed E-state index contributed by atoms with van der Waals surface area (Å²) in [5.74, 6) is -1.11. The third-order valence-electron chi connectivity index (χ3n) is 3.48. The van der Waals surface area contributed by atoms with Crippen molar-refractivity contribution in [1.29, 1.82) is 0 Å². The summed E-state index contributed by atoms with van der Waals surface area (Å²) in [4.78, 5) is 46.0. The van der Waals surface area contributed by atoms with Gasteiger partial charge in [-0.2, -0.15) is 0 Å². The molecule has 0 aliphatic carbocycles. The largest absolute Gasteiger partial charge is 0.482 e. The van der Waals surface area contributed by atoms with E-state index in [0.717, 1.165) is 0 Å². The number of carbonyl (C=O) groups is 4. The Bertz CT molecular complexity index is 848. The molecule has 0 saturated heterocycles. The summed E-state index contributed by atoms with van der Waals surface area (Å²) in [6, 6.07) is 12.6. The molecule has 0 unspecified atom stereocenters. The summed E-state index contributed by atoms with van der Waals surface area (Å²) < 4.78 is 10.1. The maximum absolute atomic E-state index is 11.9. The second kappa shape index (κ2) is 10.5. The summed E-state index contributed by atoms with van der Waals surface area (Å²) in [7, 11) is 0. The Labute approximate surface area is 161 Å². The van der Waals surface area contributed by atoms with Gasteiger partial charge in [-0.15, -0.1) is 0 Å². The first kappa shape index (κ1) is 20.6. The maximum Gasteiger partial charge on any atom is 0.344 e. The molecular weight excluding hydrogens is 364 g/mol. The molecule has 28 heavy (non-hydrogen) atoms. The van der Waals surface area contributed by atoms with Crippen LogP contribution in [0.4, 0.5) is 5.69 Å². The number of aldehydes is 1.